The third-order valence-electron chi connectivity index (χ3n) is 7.04. The van der Waals surface area contributed by atoms with E-state index in [9.17, 15) is 14.4 Å². The summed E-state index contributed by atoms with van der Waals surface area (Å²) in [4.78, 5) is 45.1. The third-order valence-corrected chi connectivity index (χ3v) is 7.04. The van der Waals surface area contributed by atoms with Crippen LogP contribution in [0.2, 0.25) is 0 Å². The van der Waals surface area contributed by atoms with Crippen molar-refractivity contribution in [2.24, 2.45) is 0 Å². The molecule has 0 fully saturated rings. The molecule has 4 N–H and O–H groups in total. The second kappa shape index (κ2) is 7.41. The van der Waals surface area contributed by atoms with Crippen LogP contribution < -0.4 is 21.9 Å². The van der Waals surface area contributed by atoms with Gasteiger partial charge in [-0.1, -0.05) is 66.2 Å². The number of anilines is 3. The Morgan fingerprint density at radius 3 is 2.30 bits per heavy atom. The maximum atomic E-state index is 14.2. The van der Waals surface area contributed by atoms with Crippen molar-refractivity contribution < 1.29 is 4.79 Å². The van der Waals surface area contributed by atoms with Crippen LogP contribution in [0, 0.1) is 6.92 Å². The van der Waals surface area contributed by atoms with Crippen LogP contribution in [-0.2, 0) is 10.2 Å². The molecule has 7 rings (SSSR count). The van der Waals surface area contributed by atoms with E-state index in [4.69, 9.17) is 5.10 Å². The number of aryl methyl sites for hydroxylation is 1. The minimum absolute atomic E-state index is 0.117. The Bertz CT molecular complexity index is 1850. The SMILES string of the molecule is Cc1ccc2c(c1)C1(C(=O)N2)c2c(-c3ccccc3)nn(-c3ccccc3)c2Nc2[nH]c(=O)[nH]c(=O)c21. The second-order valence-electron chi connectivity index (χ2n) is 9.22. The first-order valence-corrected chi connectivity index (χ1v) is 11.8. The molecule has 0 saturated heterocycles. The average Bonchev–Trinajstić information content (AvgIpc) is 3.41. The van der Waals surface area contributed by atoms with Crippen LogP contribution in [-0.4, -0.2) is 25.7 Å². The van der Waals surface area contributed by atoms with E-state index in [1.807, 2.05) is 85.8 Å². The summed E-state index contributed by atoms with van der Waals surface area (Å²) in [7, 11) is 0. The number of aromatic amines is 2. The smallest absolute Gasteiger partial charge is 0.326 e. The molecule has 4 heterocycles. The third kappa shape index (κ3) is 2.79. The first kappa shape index (κ1) is 21.1. The number of amides is 1. The van der Waals surface area contributed by atoms with E-state index in [-0.39, 0.29) is 17.3 Å². The van der Waals surface area contributed by atoms with Crippen molar-refractivity contribution in [3.8, 4) is 16.9 Å². The van der Waals surface area contributed by atoms with Gasteiger partial charge >= 0.3 is 5.69 Å². The summed E-state index contributed by atoms with van der Waals surface area (Å²) in [5, 5.41) is 11.2. The lowest BCUT2D eigenvalue weighted by atomic mass is 9.68. The molecule has 0 bridgehead atoms. The van der Waals surface area contributed by atoms with Gasteiger partial charge in [0.1, 0.15) is 17.1 Å². The number of H-pyrrole nitrogens is 2. The predicted octanol–water partition coefficient (Wildman–Crippen LogP) is 3.57. The van der Waals surface area contributed by atoms with Crippen LogP contribution in [0.15, 0.2) is 88.5 Å². The predicted molar refractivity (Wildman–Crippen MR) is 140 cm³/mol. The lowest BCUT2D eigenvalue weighted by Gasteiger charge is -2.34. The van der Waals surface area contributed by atoms with Gasteiger partial charge in [0, 0.05) is 22.4 Å². The number of hydrogen-bond acceptors (Lipinski definition) is 5. The van der Waals surface area contributed by atoms with Gasteiger partial charge in [0.15, 0.2) is 0 Å². The molecule has 0 radical (unpaired) electrons. The number of hydrogen-bond donors (Lipinski definition) is 4. The molecule has 1 amide bonds. The molecular formula is C28H20N6O3. The Balaban J connectivity index is 1.70. The summed E-state index contributed by atoms with van der Waals surface area (Å²) >= 11 is 0. The number of carbonyl (C=O) groups excluding carboxylic acids is 1. The fraction of sp³-hybridized carbons (Fsp3) is 0.0714. The zero-order chi connectivity index (χ0) is 25.3. The van der Waals surface area contributed by atoms with E-state index in [0.717, 1.165) is 16.8 Å². The Hall–Kier alpha value is -5.18. The minimum Gasteiger partial charge on any atom is -0.326 e. The lowest BCUT2D eigenvalue weighted by molar-refractivity contribution is -0.118. The van der Waals surface area contributed by atoms with E-state index >= 15 is 0 Å². The highest BCUT2D eigenvalue weighted by molar-refractivity contribution is 6.15. The quantitative estimate of drug-likeness (QED) is 0.302. The van der Waals surface area contributed by atoms with Crippen molar-refractivity contribution in [2.75, 3.05) is 10.6 Å². The van der Waals surface area contributed by atoms with Crippen LogP contribution in [0.3, 0.4) is 0 Å². The van der Waals surface area contributed by atoms with Gasteiger partial charge in [-0.25, -0.2) is 9.48 Å². The number of para-hydroxylation sites is 1. The second-order valence-corrected chi connectivity index (χ2v) is 9.22. The molecule has 5 aromatic rings. The van der Waals surface area contributed by atoms with E-state index < -0.39 is 16.7 Å². The van der Waals surface area contributed by atoms with E-state index in [0.29, 0.717) is 28.3 Å². The highest BCUT2D eigenvalue weighted by Gasteiger charge is 2.58. The topological polar surface area (TPSA) is 125 Å². The number of fused-ring (bicyclic) bond motifs is 6. The standard InChI is InChI=1S/C28H20N6O3/c1-15-12-13-19-18(14-15)28(26(36)29-19)20-22(16-8-4-2-5-9-16)33-34(17-10-6-3-7-11-17)24(20)30-23-21(28)25(35)32-27(37)31-23/h2-14H,1H3,(H,29,36)(H3,30,31,32,35,37). The van der Waals surface area contributed by atoms with Crippen LogP contribution >= 0.6 is 0 Å². The summed E-state index contributed by atoms with van der Waals surface area (Å²) in [6.07, 6.45) is 0. The molecule has 1 spiro atoms. The number of nitrogens with zero attached hydrogens (tertiary/aromatic N) is 2. The Morgan fingerprint density at radius 1 is 0.811 bits per heavy atom. The summed E-state index contributed by atoms with van der Waals surface area (Å²) in [5.74, 6) is 0.255. The van der Waals surface area contributed by atoms with Gasteiger partial charge in [-0.15, -0.1) is 0 Å². The lowest BCUT2D eigenvalue weighted by Crippen LogP contribution is -2.46. The Kier molecular flexibility index (Phi) is 4.23. The zero-order valence-corrected chi connectivity index (χ0v) is 19.6. The summed E-state index contributed by atoms with van der Waals surface area (Å²) in [5.41, 5.74) is 2.01. The van der Waals surface area contributed by atoms with Crippen molar-refractivity contribution in [1.29, 1.82) is 0 Å². The van der Waals surface area contributed by atoms with Gasteiger partial charge in [0.2, 0.25) is 5.91 Å². The molecule has 9 nitrogen and oxygen atoms in total. The zero-order valence-electron chi connectivity index (χ0n) is 19.6. The molecule has 0 saturated carbocycles. The van der Waals surface area contributed by atoms with E-state index in [1.165, 1.54) is 0 Å². The largest absolute Gasteiger partial charge is 0.327 e. The minimum atomic E-state index is -1.56. The van der Waals surface area contributed by atoms with Crippen molar-refractivity contribution >= 4 is 23.2 Å². The first-order valence-electron chi connectivity index (χ1n) is 11.8. The molecule has 180 valence electrons. The van der Waals surface area contributed by atoms with Crippen molar-refractivity contribution in [1.82, 2.24) is 19.7 Å². The van der Waals surface area contributed by atoms with Crippen molar-refractivity contribution in [2.45, 2.75) is 12.3 Å². The van der Waals surface area contributed by atoms with Crippen molar-refractivity contribution in [3.63, 3.8) is 0 Å². The first-order chi connectivity index (χ1) is 18.0. The monoisotopic (exact) mass is 488 g/mol. The van der Waals surface area contributed by atoms with Gasteiger partial charge in [-0.2, -0.15) is 5.10 Å². The Labute approximate surface area is 209 Å². The van der Waals surface area contributed by atoms with Crippen molar-refractivity contribution in [3.05, 3.63) is 122 Å². The van der Waals surface area contributed by atoms with Gasteiger partial charge in [0.25, 0.3) is 5.56 Å². The van der Waals surface area contributed by atoms with Gasteiger partial charge in [0.05, 0.1) is 16.9 Å². The molecule has 2 aliphatic heterocycles. The highest BCUT2D eigenvalue weighted by Crippen LogP contribution is 2.56. The van der Waals surface area contributed by atoms with Crippen LogP contribution in [0.5, 0.6) is 0 Å². The van der Waals surface area contributed by atoms with Gasteiger partial charge in [-0.05, 0) is 25.1 Å². The number of nitrogens with one attached hydrogen (secondary N) is 4. The van der Waals surface area contributed by atoms with Crippen LogP contribution in [0.25, 0.3) is 16.9 Å². The number of benzene rings is 3. The average molecular weight is 489 g/mol. The normalized spacial score (nSPS) is 17.1. The van der Waals surface area contributed by atoms with Gasteiger partial charge in [-0.3, -0.25) is 19.6 Å². The molecule has 0 aliphatic carbocycles. The van der Waals surface area contributed by atoms with Crippen LogP contribution in [0.1, 0.15) is 22.3 Å². The highest BCUT2D eigenvalue weighted by atomic mass is 16.2. The van der Waals surface area contributed by atoms with E-state index in [2.05, 4.69) is 20.6 Å². The Morgan fingerprint density at radius 2 is 1.54 bits per heavy atom. The molecule has 2 aliphatic rings. The fourth-order valence-corrected chi connectivity index (χ4v) is 5.54. The molecule has 1 atom stereocenters. The molecular weight excluding hydrogens is 468 g/mol. The molecule has 1 unspecified atom stereocenters. The number of rotatable bonds is 2. The summed E-state index contributed by atoms with van der Waals surface area (Å²) < 4.78 is 1.71. The van der Waals surface area contributed by atoms with Crippen LogP contribution in [0.4, 0.5) is 17.3 Å². The molecule has 3 aromatic carbocycles. The maximum absolute atomic E-state index is 14.2. The van der Waals surface area contributed by atoms with Gasteiger partial charge < -0.3 is 10.6 Å². The summed E-state index contributed by atoms with van der Waals surface area (Å²) in [6, 6.07) is 24.7. The fourth-order valence-electron chi connectivity index (χ4n) is 5.54. The number of carbonyl (C=O) groups is 1. The molecule has 37 heavy (non-hydrogen) atoms. The summed E-state index contributed by atoms with van der Waals surface area (Å²) in [6.45, 7) is 1.93. The van der Waals surface area contributed by atoms with E-state index in [1.54, 1.807) is 4.68 Å². The molecule has 9 heteroatoms. The number of aromatic nitrogens is 4. The maximum Gasteiger partial charge on any atom is 0.327 e. The molecule has 2 aromatic heterocycles.